The first kappa shape index (κ1) is 16.6. The van der Waals surface area contributed by atoms with Crippen molar-refractivity contribution in [3.63, 3.8) is 0 Å². The number of amides is 2. The van der Waals surface area contributed by atoms with Gasteiger partial charge in [-0.25, -0.2) is 0 Å². The molecule has 5 nitrogen and oxygen atoms in total. The lowest BCUT2D eigenvalue weighted by Gasteiger charge is -2.10. The Hall–Kier alpha value is -3.21. The number of nitrogens with one attached hydrogen (secondary N) is 2. The third-order valence-corrected chi connectivity index (χ3v) is 3.83. The zero-order valence-corrected chi connectivity index (χ0v) is 14.1. The van der Waals surface area contributed by atoms with E-state index in [2.05, 4.69) is 15.6 Å². The normalized spacial score (nSPS) is 10.7. The van der Waals surface area contributed by atoms with Crippen molar-refractivity contribution in [2.75, 3.05) is 10.6 Å². The number of carbonyl (C=O) groups excluding carboxylic acids is 2. The molecule has 0 fully saturated rings. The maximum Gasteiger partial charge on any atom is 0.256 e. The third kappa shape index (κ3) is 3.83. The predicted molar refractivity (Wildman–Crippen MR) is 99.6 cm³/mol. The van der Waals surface area contributed by atoms with E-state index >= 15 is 0 Å². The van der Waals surface area contributed by atoms with Crippen molar-refractivity contribution in [1.29, 1.82) is 0 Å². The number of hydrogen-bond donors (Lipinski definition) is 2. The number of benzene rings is 2. The summed E-state index contributed by atoms with van der Waals surface area (Å²) in [4.78, 5) is 28.5. The van der Waals surface area contributed by atoms with Gasteiger partial charge in [0.15, 0.2) is 0 Å². The Bertz CT molecular complexity index is 912. The zero-order chi connectivity index (χ0) is 17.8. The molecule has 2 amide bonds. The number of hydrogen-bond acceptors (Lipinski definition) is 3. The standard InChI is InChI=1S/C20H19N3O2/c1-13(2)19(24)22-14-7-9-15(10-8-14)23-20(25)17-11-12-21-18-6-4-3-5-16(17)18/h3-13H,1-2H3,(H,22,24)(H,23,25). The van der Waals surface area contributed by atoms with Gasteiger partial charge in [-0.2, -0.15) is 0 Å². The molecular formula is C20H19N3O2. The molecule has 0 aliphatic carbocycles. The molecule has 0 saturated carbocycles. The van der Waals surface area contributed by atoms with Crippen molar-refractivity contribution >= 4 is 34.1 Å². The highest BCUT2D eigenvalue weighted by Gasteiger charge is 2.11. The summed E-state index contributed by atoms with van der Waals surface area (Å²) < 4.78 is 0. The molecule has 3 aromatic rings. The highest BCUT2D eigenvalue weighted by Crippen LogP contribution is 2.19. The minimum Gasteiger partial charge on any atom is -0.326 e. The number of carbonyl (C=O) groups is 2. The van der Waals surface area contributed by atoms with Gasteiger partial charge in [-0.1, -0.05) is 32.0 Å². The molecule has 0 atom stereocenters. The van der Waals surface area contributed by atoms with Crippen LogP contribution in [-0.2, 0) is 4.79 Å². The second-order valence-electron chi connectivity index (χ2n) is 6.05. The van der Waals surface area contributed by atoms with Gasteiger partial charge in [0.05, 0.1) is 11.1 Å². The SMILES string of the molecule is CC(C)C(=O)Nc1ccc(NC(=O)c2ccnc3ccccc23)cc1. The van der Waals surface area contributed by atoms with Crippen LogP contribution in [0.1, 0.15) is 24.2 Å². The van der Waals surface area contributed by atoms with Crippen molar-refractivity contribution in [3.05, 3.63) is 66.4 Å². The molecule has 1 aromatic heterocycles. The van der Waals surface area contributed by atoms with E-state index in [4.69, 9.17) is 0 Å². The molecule has 2 N–H and O–H groups in total. The predicted octanol–water partition coefficient (Wildman–Crippen LogP) is 4.08. The maximum absolute atomic E-state index is 12.6. The summed E-state index contributed by atoms with van der Waals surface area (Å²) in [7, 11) is 0. The molecule has 0 aliphatic rings. The van der Waals surface area contributed by atoms with E-state index in [1.807, 2.05) is 38.1 Å². The van der Waals surface area contributed by atoms with Crippen LogP contribution in [-0.4, -0.2) is 16.8 Å². The van der Waals surface area contributed by atoms with Gasteiger partial charge in [0.1, 0.15) is 0 Å². The Kier molecular flexibility index (Phi) is 4.75. The summed E-state index contributed by atoms with van der Waals surface area (Å²) in [5.41, 5.74) is 2.71. The molecule has 0 bridgehead atoms. The monoisotopic (exact) mass is 333 g/mol. The lowest BCUT2D eigenvalue weighted by atomic mass is 10.1. The number of para-hydroxylation sites is 1. The van der Waals surface area contributed by atoms with Crippen molar-refractivity contribution in [3.8, 4) is 0 Å². The lowest BCUT2D eigenvalue weighted by molar-refractivity contribution is -0.118. The summed E-state index contributed by atoms with van der Waals surface area (Å²) in [6.45, 7) is 3.67. The van der Waals surface area contributed by atoms with Crippen molar-refractivity contribution < 1.29 is 9.59 Å². The molecule has 25 heavy (non-hydrogen) atoms. The van der Waals surface area contributed by atoms with Crippen LogP contribution in [0.2, 0.25) is 0 Å². The largest absolute Gasteiger partial charge is 0.326 e. The van der Waals surface area contributed by atoms with Crippen LogP contribution in [0.5, 0.6) is 0 Å². The summed E-state index contributed by atoms with van der Waals surface area (Å²) in [6.07, 6.45) is 1.63. The molecule has 0 spiro atoms. The Labute approximate surface area is 146 Å². The first-order chi connectivity index (χ1) is 12.0. The minimum absolute atomic E-state index is 0.0416. The second kappa shape index (κ2) is 7.13. The van der Waals surface area contributed by atoms with Gasteiger partial charge in [0.25, 0.3) is 5.91 Å². The summed E-state index contributed by atoms with van der Waals surface area (Å²) in [5, 5.41) is 6.50. The second-order valence-corrected chi connectivity index (χ2v) is 6.05. The summed E-state index contributed by atoms with van der Waals surface area (Å²) in [5.74, 6) is -0.322. The van der Waals surface area contributed by atoms with E-state index in [0.717, 1.165) is 10.9 Å². The minimum atomic E-state index is -0.197. The average molecular weight is 333 g/mol. The lowest BCUT2D eigenvalue weighted by Crippen LogP contribution is -2.17. The summed E-state index contributed by atoms with van der Waals surface area (Å²) >= 11 is 0. The molecule has 1 heterocycles. The van der Waals surface area contributed by atoms with Crippen LogP contribution in [0, 0.1) is 5.92 Å². The smallest absolute Gasteiger partial charge is 0.256 e. The number of fused-ring (bicyclic) bond motifs is 1. The van der Waals surface area contributed by atoms with E-state index in [-0.39, 0.29) is 17.7 Å². The van der Waals surface area contributed by atoms with Crippen LogP contribution in [0.4, 0.5) is 11.4 Å². The van der Waals surface area contributed by atoms with E-state index in [9.17, 15) is 9.59 Å². The molecule has 3 rings (SSSR count). The van der Waals surface area contributed by atoms with Crippen LogP contribution < -0.4 is 10.6 Å². The molecule has 0 aliphatic heterocycles. The maximum atomic E-state index is 12.6. The van der Waals surface area contributed by atoms with E-state index in [0.29, 0.717) is 16.9 Å². The van der Waals surface area contributed by atoms with Crippen molar-refractivity contribution in [2.45, 2.75) is 13.8 Å². The fourth-order valence-electron chi connectivity index (χ4n) is 2.42. The quantitative estimate of drug-likeness (QED) is 0.755. The zero-order valence-electron chi connectivity index (χ0n) is 14.1. The Balaban J connectivity index is 1.75. The van der Waals surface area contributed by atoms with Gasteiger partial charge in [-0.15, -0.1) is 0 Å². The molecule has 0 unspecified atom stereocenters. The Morgan fingerprint density at radius 2 is 1.52 bits per heavy atom. The fourth-order valence-corrected chi connectivity index (χ4v) is 2.42. The molecule has 0 saturated heterocycles. The van der Waals surface area contributed by atoms with Crippen molar-refractivity contribution in [1.82, 2.24) is 4.98 Å². The van der Waals surface area contributed by atoms with Gasteiger partial charge in [0, 0.05) is 28.9 Å². The molecule has 0 radical (unpaired) electrons. The van der Waals surface area contributed by atoms with Gasteiger partial charge in [0.2, 0.25) is 5.91 Å². The first-order valence-electron chi connectivity index (χ1n) is 8.10. The Morgan fingerprint density at radius 3 is 2.20 bits per heavy atom. The topological polar surface area (TPSA) is 71.1 Å². The van der Waals surface area contributed by atoms with Gasteiger partial charge in [-0.3, -0.25) is 14.6 Å². The van der Waals surface area contributed by atoms with E-state index in [1.54, 1.807) is 36.5 Å². The number of nitrogens with zero attached hydrogens (tertiary/aromatic N) is 1. The van der Waals surface area contributed by atoms with Crippen molar-refractivity contribution in [2.24, 2.45) is 5.92 Å². The average Bonchev–Trinajstić information content (AvgIpc) is 2.62. The number of anilines is 2. The highest BCUT2D eigenvalue weighted by atomic mass is 16.2. The van der Waals surface area contributed by atoms with Crippen LogP contribution >= 0.6 is 0 Å². The van der Waals surface area contributed by atoms with Crippen LogP contribution in [0.15, 0.2) is 60.8 Å². The molecular weight excluding hydrogens is 314 g/mol. The first-order valence-corrected chi connectivity index (χ1v) is 8.10. The van der Waals surface area contributed by atoms with E-state index in [1.165, 1.54) is 0 Å². The number of aromatic nitrogens is 1. The number of pyridine rings is 1. The van der Waals surface area contributed by atoms with Gasteiger partial charge < -0.3 is 10.6 Å². The van der Waals surface area contributed by atoms with Crippen LogP contribution in [0.25, 0.3) is 10.9 Å². The van der Waals surface area contributed by atoms with Crippen LogP contribution in [0.3, 0.4) is 0 Å². The third-order valence-electron chi connectivity index (χ3n) is 3.83. The summed E-state index contributed by atoms with van der Waals surface area (Å²) in [6, 6.07) is 16.3. The Morgan fingerprint density at radius 1 is 0.880 bits per heavy atom. The fraction of sp³-hybridized carbons (Fsp3) is 0.150. The highest BCUT2D eigenvalue weighted by molar-refractivity contribution is 6.12. The molecule has 126 valence electrons. The van der Waals surface area contributed by atoms with Gasteiger partial charge in [-0.05, 0) is 36.4 Å². The molecule has 5 heteroatoms. The van der Waals surface area contributed by atoms with Gasteiger partial charge >= 0.3 is 0 Å². The molecule has 2 aromatic carbocycles. The van der Waals surface area contributed by atoms with E-state index < -0.39 is 0 Å². The number of rotatable bonds is 4.